The highest BCUT2D eigenvalue weighted by Gasteiger charge is 2.29. The van der Waals surface area contributed by atoms with Gasteiger partial charge in [0.25, 0.3) is 0 Å². The molecule has 1 heterocycles. The maximum absolute atomic E-state index is 10.8. The highest BCUT2D eigenvalue weighted by molar-refractivity contribution is 7.88. The van der Waals surface area contributed by atoms with E-state index in [0.29, 0.717) is 5.03 Å². The zero-order chi connectivity index (χ0) is 7.07. The molecule has 0 saturated heterocycles. The summed E-state index contributed by atoms with van der Waals surface area (Å²) >= 11 is 10.9. The molecule has 0 bridgehead atoms. The Morgan fingerprint density at radius 1 is 1.89 bits per heavy atom. The second kappa shape index (κ2) is 2.28. The molecule has 0 aliphatic carbocycles. The van der Waals surface area contributed by atoms with Crippen LogP contribution in [0.4, 0.5) is 0 Å². The summed E-state index contributed by atoms with van der Waals surface area (Å²) in [7, 11) is 0. The lowest BCUT2D eigenvalue weighted by Crippen LogP contribution is -1.96. The molecular formula is C4H5Cl2O2P. The van der Waals surface area contributed by atoms with Gasteiger partial charge in [-0.05, 0) is 18.2 Å². The Hall–Kier alpha value is 0.510. The molecule has 1 aliphatic rings. The quantitative estimate of drug-likeness (QED) is 0.545. The molecule has 2 nitrogen and oxygen atoms in total. The molecular weight excluding hydrogens is 182 g/mol. The molecule has 1 rings (SSSR count). The van der Waals surface area contributed by atoms with Crippen molar-refractivity contribution in [1.29, 1.82) is 0 Å². The molecule has 9 heavy (non-hydrogen) atoms. The molecule has 0 radical (unpaired) electrons. The van der Waals surface area contributed by atoms with Crippen LogP contribution in [0.5, 0.6) is 0 Å². The van der Waals surface area contributed by atoms with E-state index in [1.807, 2.05) is 0 Å². The molecule has 0 aromatic rings. The van der Waals surface area contributed by atoms with E-state index in [9.17, 15) is 4.57 Å². The summed E-state index contributed by atoms with van der Waals surface area (Å²) in [6, 6.07) is 0. The highest BCUT2D eigenvalue weighted by atomic mass is 35.7. The number of hydrogen-bond acceptors (Lipinski definition) is 2. The van der Waals surface area contributed by atoms with Gasteiger partial charge in [0.15, 0.2) is 0 Å². The van der Waals surface area contributed by atoms with Crippen LogP contribution in [0.15, 0.2) is 10.8 Å². The van der Waals surface area contributed by atoms with Crippen molar-refractivity contribution >= 4 is 29.6 Å². The molecule has 0 fully saturated rings. The Morgan fingerprint density at radius 3 is 2.56 bits per heavy atom. The smallest absolute Gasteiger partial charge is 0.306 e. The van der Waals surface area contributed by atoms with Crippen LogP contribution in [0.25, 0.3) is 0 Å². The van der Waals surface area contributed by atoms with Gasteiger partial charge >= 0.3 is 6.72 Å². The van der Waals surface area contributed by atoms with Crippen LogP contribution < -0.4 is 0 Å². The largest absolute Gasteiger partial charge is 0.314 e. The Kier molecular flexibility index (Phi) is 1.93. The van der Waals surface area contributed by atoms with Gasteiger partial charge in [-0.25, -0.2) is 0 Å². The predicted octanol–water partition coefficient (Wildman–Crippen LogP) is 2.92. The third kappa shape index (κ3) is 1.71. The summed E-state index contributed by atoms with van der Waals surface area (Å²) in [6.07, 6.45) is -0.310. The van der Waals surface area contributed by atoms with Gasteiger partial charge in [0, 0.05) is 5.82 Å². The van der Waals surface area contributed by atoms with Crippen LogP contribution in [-0.2, 0) is 9.09 Å². The van der Waals surface area contributed by atoms with E-state index in [1.54, 1.807) is 6.92 Å². The Balaban J connectivity index is 2.87. The van der Waals surface area contributed by atoms with E-state index in [1.165, 1.54) is 5.82 Å². The van der Waals surface area contributed by atoms with Crippen LogP contribution >= 0.6 is 29.6 Å². The van der Waals surface area contributed by atoms with Crippen molar-refractivity contribution in [2.75, 3.05) is 0 Å². The lowest BCUT2D eigenvalue weighted by atomic mass is 10.4. The number of halogens is 2. The van der Waals surface area contributed by atoms with Gasteiger partial charge < -0.3 is 4.52 Å². The first-order chi connectivity index (χ1) is 4.01. The first kappa shape index (κ1) is 7.62. The molecule has 0 saturated carbocycles. The first-order valence-electron chi connectivity index (χ1n) is 2.37. The average Bonchev–Trinajstić information content (AvgIpc) is 1.79. The molecule has 52 valence electrons. The van der Waals surface area contributed by atoms with Gasteiger partial charge in [0.1, 0.15) is 0 Å². The maximum Gasteiger partial charge on any atom is 0.314 e. The molecule has 1 aliphatic heterocycles. The predicted molar refractivity (Wildman–Crippen MR) is 37.9 cm³/mol. The monoisotopic (exact) mass is 186 g/mol. The maximum atomic E-state index is 10.8. The summed E-state index contributed by atoms with van der Waals surface area (Å²) in [5.41, 5.74) is 0. The Morgan fingerprint density at radius 2 is 2.44 bits per heavy atom. The Labute approximate surface area is 63.0 Å². The second-order valence-electron chi connectivity index (χ2n) is 1.78. The van der Waals surface area contributed by atoms with E-state index in [2.05, 4.69) is 0 Å². The van der Waals surface area contributed by atoms with Gasteiger partial charge in [-0.1, -0.05) is 11.6 Å². The average molecular weight is 187 g/mol. The molecule has 5 heteroatoms. The van der Waals surface area contributed by atoms with Crippen molar-refractivity contribution in [2.24, 2.45) is 0 Å². The van der Waals surface area contributed by atoms with Crippen molar-refractivity contribution < 1.29 is 9.09 Å². The summed E-state index contributed by atoms with van der Waals surface area (Å²) in [5, 5.41) is 0.424. The fourth-order valence-corrected chi connectivity index (χ4v) is 2.97. The van der Waals surface area contributed by atoms with Gasteiger partial charge in [0.2, 0.25) is 0 Å². The normalized spacial score (nSPS) is 43.0. The van der Waals surface area contributed by atoms with Crippen molar-refractivity contribution in [3.63, 3.8) is 0 Å². The first-order valence-corrected chi connectivity index (χ1v) is 5.35. The number of hydrogen-bond donors (Lipinski definition) is 0. The molecule has 0 amide bonds. The highest BCUT2D eigenvalue weighted by Crippen LogP contribution is 2.61. The van der Waals surface area contributed by atoms with Crippen molar-refractivity contribution in [3.05, 3.63) is 10.8 Å². The van der Waals surface area contributed by atoms with Crippen molar-refractivity contribution in [1.82, 2.24) is 0 Å². The molecule has 2 unspecified atom stereocenters. The van der Waals surface area contributed by atoms with E-state index in [4.69, 9.17) is 27.4 Å². The zero-order valence-electron chi connectivity index (χ0n) is 4.67. The molecule has 0 aromatic heterocycles. The molecule has 2 atom stereocenters. The van der Waals surface area contributed by atoms with Crippen LogP contribution in [0.2, 0.25) is 0 Å². The summed E-state index contributed by atoms with van der Waals surface area (Å²) in [4.78, 5) is 0. The topological polar surface area (TPSA) is 26.3 Å². The van der Waals surface area contributed by atoms with Crippen LogP contribution in [0, 0.1) is 0 Å². The fourth-order valence-electron chi connectivity index (χ4n) is 0.549. The Bertz CT molecular complexity index is 201. The van der Waals surface area contributed by atoms with Crippen LogP contribution in [0.3, 0.4) is 0 Å². The summed E-state index contributed by atoms with van der Waals surface area (Å²) in [5.74, 6) is 1.26. The van der Waals surface area contributed by atoms with Crippen molar-refractivity contribution in [3.8, 4) is 0 Å². The van der Waals surface area contributed by atoms with Gasteiger partial charge in [0.05, 0.1) is 11.1 Å². The van der Waals surface area contributed by atoms with Gasteiger partial charge in [-0.2, -0.15) is 0 Å². The van der Waals surface area contributed by atoms with E-state index in [0.717, 1.165) is 0 Å². The van der Waals surface area contributed by atoms with Gasteiger partial charge in [-0.3, -0.25) is 4.57 Å². The molecule has 0 aromatic carbocycles. The lowest BCUT2D eigenvalue weighted by Gasteiger charge is -2.02. The minimum absolute atomic E-state index is 0.310. The third-order valence-corrected chi connectivity index (χ3v) is 3.26. The van der Waals surface area contributed by atoms with E-state index < -0.39 is 6.72 Å². The van der Waals surface area contributed by atoms with E-state index in [-0.39, 0.29) is 6.10 Å². The third-order valence-electron chi connectivity index (χ3n) is 0.968. The van der Waals surface area contributed by atoms with Crippen LogP contribution in [0.1, 0.15) is 6.92 Å². The van der Waals surface area contributed by atoms with Crippen LogP contribution in [-0.4, -0.2) is 6.10 Å². The minimum atomic E-state index is -2.98. The standard InChI is InChI=1S/C4H5Cl2O2P/c1-3-4(5)2-9(6,7)8-3/h2-3H,1H3. The van der Waals surface area contributed by atoms with E-state index >= 15 is 0 Å². The van der Waals surface area contributed by atoms with Gasteiger partial charge in [-0.15, -0.1) is 0 Å². The SMILES string of the molecule is CC1OP(=O)(Cl)C=C1Cl. The number of rotatable bonds is 0. The lowest BCUT2D eigenvalue weighted by molar-refractivity contribution is 0.291. The molecule has 0 N–H and O–H groups in total. The summed E-state index contributed by atoms with van der Waals surface area (Å²) < 4.78 is 15.6. The van der Waals surface area contributed by atoms with Crippen molar-refractivity contribution in [2.45, 2.75) is 13.0 Å². The summed E-state index contributed by atoms with van der Waals surface area (Å²) in [6.45, 7) is -1.28. The fraction of sp³-hybridized carbons (Fsp3) is 0.500. The molecule has 0 spiro atoms. The zero-order valence-corrected chi connectivity index (χ0v) is 7.08. The second-order valence-corrected chi connectivity index (χ2v) is 5.14. The minimum Gasteiger partial charge on any atom is -0.306 e.